The smallest absolute Gasteiger partial charge is 0.351 e. The van der Waals surface area contributed by atoms with Crippen LogP contribution in [-0.2, 0) is 4.74 Å². The Balaban J connectivity index is 2.32. The molecule has 0 unspecified atom stereocenters. The van der Waals surface area contributed by atoms with Gasteiger partial charge in [-0.3, -0.25) is 10.1 Å². The molecule has 0 amide bonds. The standard InChI is InChI=1S/C11H6ClIN2O5S/c1-19-10(16)8-9(12)14-11(21-8)20-7-4-5(15(17)18)2-3-6(7)13/h2-4H,1H3. The number of carbonyl (C=O) groups excluding carboxylic acids is 1. The molecule has 21 heavy (non-hydrogen) atoms. The molecule has 0 saturated carbocycles. The second-order valence-corrected chi connectivity index (χ2v) is 6.05. The molecule has 0 radical (unpaired) electrons. The lowest BCUT2D eigenvalue weighted by Crippen LogP contribution is -1.98. The first-order chi connectivity index (χ1) is 9.92. The zero-order valence-corrected chi connectivity index (χ0v) is 14.1. The highest BCUT2D eigenvalue weighted by molar-refractivity contribution is 14.1. The van der Waals surface area contributed by atoms with Crippen molar-refractivity contribution in [2.75, 3.05) is 7.11 Å². The van der Waals surface area contributed by atoms with Crippen molar-refractivity contribution in [2.45, 2.75) is 0 Å². The summed E-state index contributed by atoms with van der Waals surface area (Å²) in [4.78, 5) is 25.6. The van der Waals surface area contributed by atoms with Crippen molar-refractivity contribution in [3.8, 4) is 10.9 Å². The van der Waals surface area contributed by atoms with Gasteiger partial charge in [0, 0.05) is 6.07 Å². The summed E-state index contributed by atoms with van der Waals surface area (Å²) < 4.78 is 10.7. The maximum atomic E-state index is 11.4. The zero-order chi connectivity index (χ0) is 15.6. The molecular formula is C11H6ClIN2O5S. The Kier molecular flexibility index (Phi) is 4.96. The Morgan fingerprint density at radius 1 is 1.52 bits per heavy atom. The van der Waals surface area contributed by atoms with Crippen molar-refractivity contribution in [3.63, 3.8) is 0 Å². The summed E-state index contributed by atoms with van der Waals surface area (Å²) in [5.41, 5.74) is -0.110. The average Bonchev–Trinajstić information content (AvgIpc) is 2.81. The number of nitro groups is 1. The second kappa shape index (κ2) is 6.54. The SMILES string of the molecule is COC(=O)c1sc(Oc2cc([N+](=O)[O-])ccc2I)nc1Cl. The van der Waals surface area contributed by atoms with E-state index in [1.54, 1.807) is 6.07 Å². The van der Waals surface area contributed by atoms with Crippen LogP contribution in [0.4, 0.5) is 5.69 Å². The number of hydrogen-bond donors (Lipinski definition) is 0. The molecule has 0 atom stereocenters. The van der Waals surface area contributed by atoms with E-state index >= 15 is 0 Å². The van der Waals surface area contributed by atoms with E-state index in [1.807, 2.05) is 22.6 Å². The van der Waals surface area contributed by atoms with Gasteiger partial charge in [0.15, 0.2) is 15.8 Å². The molecule has 1 heterocycles. The van der Waals surface area contributed by atoms with Crippen LogP contribution in [-0.4, -0.2) is 23.0 Å². The molecule has 0 aliphatic heterocycles. The first kappa shape index (κ1) is 15.9. The minimum Gasteiger partial charge on any atom is -0.465 e. The summed E-state index contributed by atoms with van der Waals surface area (Å²) in [6.07, 6.45) is 0. The number of esters is 1. The third-order valence-electron chi connectivity index (χ3n) is 2.26. The van der Waals surface area contributed by atoms with Crippen LogP contribution in [0.3, 0.4) is 0 Å². The van der Waals surface area contributed by atoms with Gasteiger partial charge in [0.2, 0.25) is 0 Å². The van der Waals surface area contributed by atoms with Gasteiger partial charge in [-0.25, -0.2) is 4.79 Å². The van der Waals surface area contributed by atoms with Crippen molar-refractivity contribution in [1.29, 1.82) is 0 Å². The predicted molar refractivity (Wildman–Crippen MR) is 84.4 cm³/mol. The summed E-state index contributed by atoms with van der Waals surface area (Å²) in [6, 6.07) is 4.18. The largest absolute Gasteiger partial charge is 0.465 e. The highest BCUT2D eigenvalue weighted by Crippen LogP contribution is 2.35. The minimum absolute atomic E-state index is 0.0395. The van der Waals surface area contributed by atoms with E-state index in [4.69, 9.17) is 16.3 Å². The quantitative estimate of drug-likeness (QED) is 0.310. The Hall–Kier alpha value is -1.46. The number of benzene rings is 1. The number of methoxy groups -OCH3 is 1. The number of rotatable bonds is 4. The molecule has 0 N–H and O–H groups in total. The van der Waals surface area contributed by atoms with E-state index in [0.29, 0.717) is 3.57 Å². The number of hydrogen-bond acceptors (Lipinski definition) is 7. The van der Waals surface area contributed by atoms with Crippen LogP contribution in [0.1, 0.15) is 9.67 Å². The Labute approximate surface area is 141 Å². The Morgan fingerprint density at radius 3 is 2.86 bits per heavy atom. The number of thiazole rings is 1. The molecule has 110 valence electrons. The van der Waals surface area contributed by atoms with E-state index in [2.05, 4.69) is 9.72 Å². The molecule has 1 aromatic carbocycles. The van der Waals surface area contributed by atoms with Gasteiger partial charge in [-0.1, -0.05) is 22.9 Å². The maximum absolute atomic E-state index is 11.4. The summed E-state index contributed by atoms with van der Waals surface area (Å²) >= 11 is 8.68. The molecule has 7 nitrogen and oxygen atoms in total. The lowest BCUT2D eigenvalue weighted by atomic mass is 10.3. The molecule has 0 saturated heterocycles. The maximum Gasteiger partial charge on any atom is 0.351 e. The fraction of sp³-hybridized carbons (Fsp3) is 0.0909. The van der Waals surface area contributed by atoms with Gasteiger partial charge in [-0.2, -0.15) is 4.98 Å². The normalized spacial score (nSPS) is 10.2. The zero-order valence-electron chi connectivity index (χ0n) is 10.3. The number of ether oxygens (including phenoxy) is 2. The fourth-order valence-electron chi connectivity index (χ4n) is 1.32. The van der Waals surface area contributed by atoms with Crippen molar-refractivity contribution < 1.29 is 19.2 Å². The molecule has 0 aliphatic rings. The number of nitrogens with zero attached hydrogens (tertiary/aromatic N) is 2. The Bertz CT molecular complexity index is 721. The van der Waals surface area contributed by atoms with Gasteiger partial charge in [0.25, 0.3) is 10.9 Å². The van der Waals surface area contributed by atoms with Gasteiger partial charge >= 0.3 is 5.97 Å². The van der Waals surface area contributed by atoms with Crippen LogP contribution in [0.5, 0.6) is 10.9 Å². The molecule has 0 spiro atoms. The van der Waals surface area contributed by atoms with Crippen molar-refractivity contribution in [3.05, 3.63) is 41.9 Å². The minimum atomic E-state index is -0.624. The van der Waals surface area contributed by atoms with Gasteiger partial charge in [0.05, 0.1) is 21.7 Å². The van der Waals surface area contributed by atoms with Crippen LogP contribution in [0.15, 0.2) is 18.2 Å². The van der Waals surface area contributed by atoms with E-state index < -0.39 is 10.9 Å². The van der Waals surface area contributed by atoms with Gasteiger partial charge in [0.1, 0.15) is 0 Å². The van der Waals surface area contributed by atoms with E-state index in [-0.39, 0.29) is 26.7 Å². The van der Waals surface area contributed by atoms with Crippen LogP contribution in [0.2, 0.25) is 5.15 Å². The first-order valence-corrected chi connectivity index (χ1v) is 7.56. The van der Waals surface area contributed by atoms with Crippen LogP contribution < -0.4 is 4.74 Å². The first-order valence-electron chi connectivity index (χ1n) is 5.28. The highest BCUT2D eigenvalue weighted by atomic mass is 127. The highest BCUT2D eigenvalue weighted by Gasteiger charge is 2.20. The summed E-state index contributed by atoms with van der Waals surface area (Å²) in [6.45, 7) is 0. The topological polar surface area (TPSA) is 91.6 Å². The molecule has 0 aliphatic carbocycles. The number of carbonyl (C=O) groups is 1. The number of halogens is 2. The van der Waals surface area contributed by atoms with Crippen LogP contribution >= 0.6 is 45.5 Å². The lowest BCUT2D eigenvalue weighted by Gasteiger charge is -2.03. The molecule has 2 aromatic rings. The monoisotopic (exact) mass is 440 g/mol. The Morgan fingerprint density at radius 2 is 2.24 bits per heavy atom. The van der Waals surface area contributed by atoms with Gasteiger partial charge < -0.3 is 9.47 Å². The molecule has 10 heteroatoms. The third-order valence-corrected chi connectivity index (χ3v) is 4.45. The average molecular weight is 441 g/mol. The van der Waals surface area contributed by atoms with Crippen molar-refractivity contribution in [2.24, 2.45) is 0 Å². The summed E-state index contributed by atoms with van der Waals surface area (Å²) in [5.74, 6) is -0.368. The van der Waals surface area contributed by atoms with Crippen LogP contribution in [0, 0.1) is 13.7 Å². The van der Waals surface area contributed by atoms with E-state index in [0.717, 1.165) is 11.3 Å². The van der Waals surface area contributed by atoms with Gasteiger partial charge in [-0.15, -0.1) is 0 Å². The summed E-state index contributed by atoms with van der Waals surface area (Å²) in [7, 11) is 1.22. The van der Waals surface area contributed by atoms with Crippen molar-refractivity contribution >= 4 is 57.2 Å². The fourth-order valence-corrected chi connectivity index (χ4v) is 2.83. The second-order valence-electron chi connectivity index (χ2n) is 3.57. The predicted octanol–water partition coefficient (Wildman–Crippen LogP) is 3.89. The van der Waals surface area contributed by atoms with Crippen LogP contribution in [0.25, 0.3) is 0 Å². The van der Waals surface area contributed by atoms with Gasteiger partial charge in [-0.05, 0) is 28.7 Å². The third kappa shape index (κ3) is 3.60. The number of aromatic nitrogens is 1. The molecule has 1 aromatic heterocycles. The number of nitro benzene ring substituents is 1. The number of non-ortho nitro benzene ring substituents is 1. The molecule has 0 fully saturated rings. The molecule has 0 bridgehead atoms. The molecular weight excluding hydrogens is 435 g/mol. The van der Waals surface area contributed by atoms with E-state index in [9.17, 15) is 14.9 Å². The van der Waals surface area contributed by atoms with E-state index in [1.165, 1.54) is 19.2 Å². The lowest BCUT2D eigenvalue weighted by molar-refractivity contribution is -0.384. The summed E-state index contributed by atoms with van der Waals surface area (Å²) in [5, 5.41) is 10.8. The molecule has 2 rings (SSSR count). The van der Waals surface area contributed by atoms with Crippen molar-refractivity contribution in [1.82, 2.24) is 4.98 Å².